The molecule has 0 saturated carbocycles. The van der Waals surface area contributed by atoms with Crippen molar-refractivity contribution in [3.8, 4) is 0 Å². The number of nitrogens with zero attached hydrogens (tertiary/aromatic N) is 1. The van der Waals surface area contributed by atoms with E-state index >= 15 is 0 Å². The zero-order valence-electron chi connectivity index (χ0n) is 13.2. The zero-order valence-corrected chi connectivity index (χ0v) is 13.2. The molecule has 114 valence electrons. The summed E-state index contributed by atoms with van der Waals surface area (Å²) in [6.45, 7) is 6.41. The van der Waals surface area contributed by atoms with Gasteiger partial charge in [-0.25, -0.2) is 0 Å². The van der Waals surface area contributed by atoms with Crippen molar-refractivity contribution in [2.75, 3.05) is 11.9 Å². The second-order valence-electron chi connectivity index (χ2n) is 6.42. The molecule has 0 bridgehead atoms. The molecule has 21 heavy (non-hydrogen) atoms. The molecule has 2 aromatic rings. The standard InChI is InChI=1S/C17H24N2O2/c1-12(2)10-17(3,21)11-18-14-9-16(20)19(4)15-8-6-5-7-13(14)15/h5-9,12,18,21H,10-11H2,1-4H3. The molecule has 0 aliphatic rings. The molecule has 1 atom stereocenters. The summed E-state index contributed by atoms with van der Waals surface area (Å²) in [4.78, 5) is 12.0. The van der Waals surface area contributed by atoms with Crippen LogP contribution in [0, 0.1) is 5.92 Å². The third-order valence-corrected chi connectivity index (χ3v) is 3.66. The van der Waals surface area contributed by atoms with Crippen LogP contribution in [0.15, 0.2) is 35.1 Å². The van der Waals surface area contributed by atoms with E-state index < -0.39 is 5.60 Å². The molecular weight excluding hydrogens is 264 g/mol. The minimum Gasteiger partial charge on any atom is -0.388 e. The van der Waals surface area contributed by atoms with Crippen molar-refractivity contribution in [1.29, 1.82) is 0 Å². The molecular formula is C17H24N2O2. The number of anilines is 1. The highest BCUT2D eigenvalue weighted by atomic mass is 16.3. The summed E-state index contributed by atoms with van der Waals surface area (Å²) in [6.07, 6.45) is 0.711. The zero-order chi connectivity index (χ0) is 15.6. The fourth-order valence-corrected chi connectivity index (χ4v) is 2.79. The lowest BCUT2D eigenvalue weighted by Gasteiger charge is -2.26. The third-order valence-electron chi connectivity index (χ3n) is 3.66. The molecule has 0 aliphatic carbocycles. The second-order valence-corrected chi connectivity index (χ2v) is 6.42. The van der Waals surface area contributed by atoms with Crippen LogP contribution >= 0.6 is 0 Å². The van der Waals surface area contributed by atoms with Crippen LogP contribution in [0.4, 0.5) is 5.69 Å². The van der Waals surface area contributed by atoms with E-state index in [1.807, 2.05) is 31.2 Å². The molecule has 4 heteroatoms. The van der Waals surface area contributed by atoms with Gasteiger partial charge >= 0.3 is 0 Å². The average molecular weight is 288 g/mol. The molecule has 0 radical (unpaired) electrons. The van der Waals surface area contributed by atoms with E-state index in [0.29, 0.717) is 18.9 Å². The number of aromatic nitrogens is 1. The lowest BCUT2D eigenvalue weighted by Crippen LogP contribution is -2.35. The predicted octanol–water partition coefficient (Wildman–Crippen LogP) is 2.75. The van der Waals surface area contributed by atoms with Crippen molar-refractivity contribution in [3.05, 3.63) is 40.7 Å². The van der Waals surface area contributed by atoms with E-state index in [2.05, 4.69) is 19.2 Å². The van der Waals surface area contributed by atoms with Crippen LogP contribution < -0.4 is 10.9 Å². The summed E-state index contributed by atoms with van der Waals surface area (Å²) >= 11 is 0. The highest BCUT2D eigenvalue weighted by Gasteiger charge is 2.22. The Kier molecular flexibility index (Phi) is 4.37. The van der Waals surface area contributed by atoms with Crippen molar-refractivity contribution >= 4 is 16.6 Å². The number of aliphatic hydroxyl groups is 1. The maximum Gasteiger partial charge on any atom is 0.252 e. The molecule has 2 N–H and O–H groups in total. The van der Waals surface area contributed by atoms with Gasteiger partial charge < -0.3 is 15.0 Å². The maximum atomic E-state index is 12.0. The van der Waals surface area contributed by atoms with Crippen LogP contribution in [0.2, 0.25) is 0 Å². The van der Waals surface area contributed by atoms with Crippen molar-refractivity contribution in [2.45, 2.75) is 32.8 Å². The number of para-hydroxylation sites is 1. The van der Waals surface area contributed by atoms with E-state index in [1.165, 1.54) is 0 Å². The summed E-state index contributed by atoms with van der Waals surface area (Å²) in [7, 11) is 1.77. The molecule has 0 aliphatic heterocycles. The topological polar surface area (TPSA) is 54.3 Å². The minimum absolute atomic E-state index is 0.0558. The van der Waals surface area contributed by atoms with Gasteiger partial charge in [-0.15, -0.1) is 0 Å². The fraction of sp³-hybridized carbons (Fsp3) is 0.471. The maximum absolute atomic E-state index is 12.0. The van der Waals surface area contributed by atoms with Gasteiger partial charge in [-0.2, -0.15) is 0 Å². The Labute approximate surface area is 125 Å². The summed E-state index contributed by atoms with van der Waals surface area (Å²) in [5.74, 6) is 0.419. The van der Waals surface area contributed by atoms with Gasteiger partial charge in [0.1, 0.15) is 0 Å². The first kappa shape index (κ1) is 15.6. The van der Waals surface area contributed by atoms with Gasteiger partial charge in [-0.1, -0.05) is 32.0 Å². The Hall–Kier alpha value is -1.81. The highest BCUT2D eigenvalue weighted by molar-refractivity contribution is 5.91. The number of hydrogen-bond donors (Lipinski definition) is 2. The molecule has 0 amide bonds. The number of benzene rings is 1. The van der Waals surface area contributed by atoms with E-state index in [9.17, 15) is 9.90 Å². The van der Waals surface area contributed by atoms with Gasteiger partial charge in [0, 0.05) is 30.7 Å². The second kappa shape index (κ2) is 5.90. The van der Waals surface area contributed by atoms with Gasteiger partial charge in [-0.05, 0) is 25.3 Å². The van der Waals surface area contributed by atoms with Gasteiger partial charge in [0.15, 0.2) is 0 Å². The van der Waals surface area contributed by atoms with Crippen LogP contribution in [0.3, 0.4) is 0 Å². The monoisotopic (exact) mass is 288 g/mol. The number of fused-ring (bicyclic) bond motifs is 1. The number of nitrogens with one attached hydrogen (secondary N) is 1. The average Bonchev–Trinajstić information content (AvgIpc) is 2.40. The molecule has 1 aromatic carbocycles. The number of pyridine rings is 1. The van der Waals surface area contributed by atoms with Gasteiger partial charge in [0.25, 0.3) is 5.56 Å². The largest absolute Gasteiger partial charge is 0.388 e. The van der Waals surface area contributed by atoms with E-state index in [-0.39, 0.29) is 5.56 Å². The summed E-state index contributed by atoms with van der Waals surface area (Å²) in [5, 5.41) is 14.6. The van der Waals surface area contributed by atoms with Crippen molar-refractivity contribution in [2.24, 2.45) is 13.0 Å². The Morgan fingerprint density at radius 1 is 1.33 bits per heavy atom. The lowest BCUT2D eigenvalue weighted by atomic mass is 9.94. The quantitative estimate of drug-likeness (QED) is 0.889. The minimum atomic E-state index is -0.795. The van der Waals surface area contributed by atoms with E-state index in [0.717, 1.165) is 16.6 Å². The summed E-state index contributed by atoms with van der Waals surface area (Å²) in [5.41, 5.74) is 0.810. The van der Waals surface area contributed by atoms with Gasteiger partial charge in [0.05, 0.1) is 11.1 Å². The molecule has 1 unspecified atom stereocenters. The molecule has 0 fully saturated rings. The van der Waals surface area contributed by atoms with E-state index in [4.69, 9.17) is 0 Å². The molecule has 4 nitrogen and oxygen atoms in total. The number of rotatable bonds is 5. The Balaban J connectivity index is 2.31. The smallest absolute Gasteiger partial charge is 0.252 e. The normalized spacial score (nSPS) is 14.4. The van der Waals surface area contributed by atoms with Gasteiger partial charge in [0.2, 0.25) is 0 Å². The predicted molar refractivity (Wildman–Crippen MR) is 87.8 cm³/mol. The SMILES string of the molecule is CC(C)CC(C)(O)CNc1cc(=O)n(C)c2ccccc12. The molecule has 1 aromatic heterocycles. The van der Waals surface area contributed by atoms with E-state index in [1.54, 1.807) is 17.7 Å². The third kappa shape index (κ3) is 3.64. The Morgan fingerprint density at radius 3 is 2.67 bits per heavy atom. The van der Waals surface area contributed by atoms with Crippen molar-refractivity contribution in [1.82, 2.24) is 4.57 Å². The van der Waals surface area contributed by atoms with Crippen LogP contribution in [0.5, 0.6) is 0 Å². The van der Waals surface area contributed by atoms with Crippen LogP contribution in [0.1, 0.15) is 27.2 Å². The molecule has 0 spiro atoms. The van der Waals surface area contributed by atoms with Crippen molar-refractivity contribution in [3.63, 3.8) is 0 Å². The molecule has 2 rings (SSSR count). The number of hydrogen-bond acceptors (Lipinski definition) is 3. The summed E-state index contributed by atoms with van der Waals surface area (Å²) in [6, 6.07) is 9.36. The first-order chi connectivity index (χ1) is 9.80. The van der Waals surface area contributed by atoms with Crippen LogP contribution in [0.25, 0.3) is 10.9 Å². The lowest BCUT2D eigenvalue weighted by molar-refractivity contribution is 0.0516. The van der Waals surface area contributed by atoms with Crippen molar-refractivity contribution < 1.29 is 5.11 Å². The molecule has 1 heterocycles. The Morgan fingerprint density at radius 2 is 2.00 bits per heavy atom. The fourth-order valence-electron chi connectivity index (χ4n) is 2.79. The first-order valence-corrected chi connectivity index (χ1v) is 7.35. The number of aryl methyl sites for hydroxylation is 1. The Bertz CT molecular complexity index is 687. The summed E-state index contributed by atoms with van der Waals surface area (Å²) < 4.78 is 1.63. The van der Waals surface area contributed by atoms with Gasteiger partial charge in [-0.3, -0.25) is 4.79 Å². The highest BCUT2D eigenvalue weighted by Crippen LogP contribution is 2.23. The van der Waals surface area contributed by atoms with Crippen LogP contribution in [-0.4, -0.2) is 21.8 Å². The molecule has 0 saturated heterocycles. The van der Waals surface area contributed by atoms with Crippen LogP contribution in [-0.2, 0) is 7.05 Å². The first-order valence-electron chi connectivity index (χ1n) is 7.35.